The molecule has 0 amide bonds. The van der Waals surface area contributed by atoms with Crippen LogP contribution < -0.4 is 0 Å². The summed E-state index contributed by atoms with van der Waals surface area (Å²) in [5.74, 6) is 0. The van der Waals surface area contributed by atoms with Gasteiger partial charge in [0.15, 0.2) is 0 Å². The van der Waals surface area contributed by atoms with Gasteiger partial charge in [0, 0.05) is 11.6 Å². The van der Waals surface area contributed by atoms with E-state index in [9.17, 15) is 0 Å². The molecule has 2 aromatic heterocycles. The molecule has 0 unspecified atom stereocenters. The van der Waals surface area contributed by atoms with Crippen LogP contribution in [-0.4, -0.2) is 15.0 Å². The van der Waals surface area contributed by atoms with E-state index in [1.807, 2.05) is 37.4 Å². The standard InChI is InChI=1S/C14H10BrN3S/c1-9-6-11(15)14(16-7-9)19-13-10-4-2-3-5-12(10)17-8-18-13/h2-8H,1H3. The normalized spacial score (nSPS) is 10.8. The van der Waals surface area contributed by atoms with Crippen LogP contribution >= 0.6 is 27.7 Å². The molecule has 1 aromatic carbocycles. The Hall–Kier alpha value is -1.46. The number of halogens is 1. The highest BCUT2D eigenvalue weighted by atomic mass is 79.9. The van der Waals surface area contributed by atoms with Crippen molar-refractivity contribution in [3.63, 3.8) is 0 Å². The predicted molar refractivity (Wildman–Crippen MR) is 80.3 cm³/mol. The summed E-state index contributed by atoms with van der Waals surface area (Å²) < 4.78 is 0.986. The molecule has 0 radical (unpaired) electrons. The molecule has 0 spiro atoms. The summed E-state index contributed by atoms with van der Waals surface area (Å²) in [6.45, 7) is 2.02. The zero-order valence-electron chi connectivity index (χ0n) is 10.2. The summed E-state index contributed by atoms with van der Waals surface area (Å²) in [5.41, 5.74) is 2.08. The monoisotopic (exact) mass is 331 g/mol. The van der Waals surface area contributed by atoms with E-state index in [-0.39, 0.29) is 0 Å². The van der Waals surface area contributed by atoms with Crippen LogP contribution in [0.4, 0.5) is 0 Å². The first-order chi connectivity index (χ1) is 9.24. The molecule has 0 saturated heterocycles. The summed E-state index contributed by atoms with van der Waals surface area (Å²) in [5, 5.41) is 2.88. The minimum atomic E-state index is 0.912. The Morgan fingerprint density at radius 3 is 2.74 bits per heavy atom. The number of pyridine rings is 1. The molecular formula is C14H10BrN3S. The van der Waals surface area contributed by atoms with Crippen LogP contribution in [0.15, 0.2) is 57.4 Å². The van der Waals surface area contributed by atoms with Gasteiger partial charge in [0.2, 0.25) is 0 Å². The number of hydrogen-bond acceptors (Lipinski definition) is 4. The average Bonchev–Trinajstić information content (AvgIpc) is 2.42. The summed E-state index contributed by atoms with van der Waals surface area (Å²) in [4.78, 5) is 13.1. The number of aromatic nitrogens is 3. The van der Waals surface area contributed by atoms with Crippen molar-refractivity contribution >= 4 is 38.6 Å². The fourth-order valence-corrected chi connectivity index (χ4v) is 3.28. The van der Waals surface area contributed by atoms with Crippen molar-refractivity contribution < 1.29 is 0 Å². The van der Waals surface area contributed by atoms with Crippen LogP contribution in [0.2, 0.25) is 0 Å². The van der Waals surface area contributed by atoms with Crippen molar-refractivity contribution in [2.24, 2.45) is 0 Å². The molecule has 0 N–H and O–H groups in total. The van der Waals surface area contributed by atoms with E-state index in [0.717, 1.165) is 31.0 Å². The number of benzene rings is 1. The smallest absolute Gasteiger partial charge is 0.117 e. The average molecular weight is 332 g/mol. The second-order valence-electron chi connectivity index (χ2n) is 4.10. The molecule has 5 heteroatoms. The lowest BCUT2D eigenvalue weighted by molar-refractivity contribution is 1.06. The lowest BCUT2D eigenvalue weighted by atomic mass is 10.2. The van der Waals surface area contributed by atoms with Gasteiger partial charge in [0.1, 0.15) is 16.4 Å². The topological polar surface area (TPSA) is 38.7 Å². The third-order valence-corrected chi connectivity index (χ3v) is 4.55. The fraction of sp³-hybridized carbons (Fsp3) is 0.0714. The van der Waals surface area contributed by atoms with Gasteiger partial charge in [0.05, 0.1) is 9.99 Å². The first-order valence-electron chi connectivity index (χ1n) is 5.74. The Kier molecular flexibility index (Phi) is 3.48. The van der Waals surface area contributed by atoms with Gasteiger partial charge in [-0.3, -0.25) is 0 Å². The van der Waals surface area contributed by atoms with Crippen molar-refractivity contribution in [2.45, 2.75) is 17.0 Å². The number of hydrogen-bond donors (Lipinski definition) is 0. The van der Waals surface area contributed by atoms with E-state index in [1.165, 1.54) is 0 Å². The van der Waals surface area contributed by atoms with Crippen LogP contribution in [0.25, 0.3) is 10.9 Å². The number of nitrogens with zero attached hydrogens (tertiary/aromatic N) is 3. The van der Waals surface area contributed by atoms with Gasteiger partial charge in [-0.25, -0.2) is 15.0 Å². The minimum Gasteiger partial charge on any atom is -0.248 e. The number of para-hydroxylation sites is 1. The Morgan fingerprint density at radius 2 is 1.89 bits per heavy atom. The SMILES string of the molecule is Cc1cnc(Sc2ncnc3ccccc23)c(Br)c1. The Bertz CT molecular complexity index is 740. The predicted octanol–water partition coefficient (Wildman–Crippen LogP) is 4.25. The molecule has 0 bridgehead atoms. The highest BCUT2D eigenvalue weighted by Gasteiger charge is 2.09. The van der Waals surface area contributed by atoms with Gasteiger partial charge in [-0.1, -0.05) is 18.2 Å². The summed E-state index contributed by atoms with van der Waals surface area (Å²) in [6, 6.07) is 10.0. The molecule has 0 aliphatic carbocycles. The third-order valence-electron chi connectivity index (χ3n) is 2.64. The highest BCUT2D eigenvalue weighted by Crippen LogP contribution is 2.34. The quantitative estimate of drug-likeness (QED) is 0.658. The summed E-state index contributed by atoms with van der Waals surface area (Å²) in [7, 11) is 0. The fourth-order valence-electron chi connectivity index (χ4n) is 1.75. The molecule has 2 heterocycles. The van der Waals surface area contributed by atoms with Gasteiger partial charge in [-0.15, -0.1) is 0 Å². The van der Waals surface area contributed by atoms with E-state index < -0.39 is 0 Å². The Labute approximate surface area is 123 Å². The van der Waals surface area contributed by atoms with Gasteiger partial charge in [-0.05, 0) is 52.3 Å². The van der Waals surface area contributed by atoms with Gasteiger partial charge >= 0.3 is 0 Å². The summed E-state index contributed by atoms with van der Waals surface area (Å²) in [6.07, 6.45) is 3.45. The van der Waals surface area contributed by atoms with E-state index >= 15 is 0 Å². The molecule has 0 saturated carbocycles. The molecule has 0 fully saturated rings. The largest absolute Gasteiger partial charge is 0.248 e. The van der Waals surface area contributed by atoms with E-state index in [4.69, 9.17) is 0 Å². The van der Waals surface area contributed by atoms with Crippen molar-refractivity contribution in [2.75, 3.05) is 0 Å². The molecule has 3 nitrogen and oxygen atoms in total. The molecule has 0 aliphatic rings. The van der Waals surface area contributed by atoms with Crippen molar-refractivity contribution in [1.82, 2.24) is 15.0 Å². The Balaban J connectivity index is 2.06. The second-order valence-corrected chi connectivity index (χ2v) is 5.93. The van der Waals surface area contributed by atoms with E-state index in [1.54, 1.807) is 18.1 Å². The molecule has 0 aliphatic heterocycles. The lowest BCUT2D eigenvalue weighted by Gasteiger charge is -2.06. The molecule has 94 valence electrons. The van der Waals surface area contributed by atoms with Crippen LogP contribution in [0.3, 0.4) is 0 Å². The van der Waals surface area contributed by atoms with Crippen molar-refractivity contribution in [3.05, 3.63) is 52.9 Å². The maximum Gasteiger partial charge on any atom is 0.117 e. The summed E-state index contributed by atoms with van der Waals surface area (Å²) >= 11 is 5.09. The first kappa shape index (κ1) is 12.6. The van der Waals surface area contributed by atoms with Crippen LogP contribution in [0, 0.1) is 6.92 Å². The van der Waals surface area contributed by atoms with E-state index in [2.05, 4.69) is 36.9 Å². The number of aryl methyl sites for hydroxylation is 1. The molecule has 0 atom stereocenters. The van der Waals surface area contributed by atoms with Crippen molar-refractivity contribution in [3.8, 4) is 0 Å². The second kappa shape index (κ2) is 5.27. The van der Waals surface area contributed by atoms with Gasteiger partial charge < -0.3 is 0 Å². The number of fused-ring (bicyclic) bond motifs is 1. The van der Waals surface area contributed by atoms with Crippen LogP contribution in [0.1, 0.15) is 5.56 Å². The molecule has 3 aromatic rings. The number of rotatable bonds is 2. The molecule has 3 rings (SSSR count). The highest BCUT2D eigenvalue weighted by molar-refractivity contribution is 9.10. The zero-order valence-corrected chi connectivity index (χ0v) is 12.6. The first-order valence-corrected chi connectivity index (χ1v) is 7.35. The molecule has 19 heavy (non-hydrogen) atoms. The van der Waals surface area contributed by atoms with E-state index in [0.29, 0.717) is 0 Å². The minimum absolute atomic E-state index is 0.912. The van der Waals surface area contributed by atoms with Gasteiger partial charge in [0.25, 0.3) is 0 Å². The molecular weight excluding hydrogens is 322 g/mol. The maximum absolute atomic E-state index is 4.44. The maximum atomic E-state index is 4.44. The van der Waals surface area contributed by atoms with Crippen LogP contribution in [0.5, 0.6) is 0 Å². The van der Waals surface area contributed by atoms with Crippen LogP contribution in [-0.2, 0) is 0 Å². The Morgan fingerprint density at radius 1 is 1.05 bits per heavy atom. The van der Waals surface area contributed by atoms with Gasteiger partial charge in [-0.2, -0.15) is 0 Å². The lowest BCUT2D eigenvalue weighted by Crippen LogP contribution is -1.89. The third kappa shape index (κ3) is 2.62. The van der Waals surface area contributed by atoms with Crippen molar-refractivity contribution in [1.29, 1.82) is 0 Å². The zero-order chi connectivity index (χ0) is 13.2.